The third-order valence-electron chi connectivity index (χ3n) is 2.01. The summed E-state index contributed by atoms with van der Waals surface area (Å²) in [6, 6.07) is 1.91. The van der Waals surface area contributed by atoms with Gasteiger partial charge in [0.1, 0.15) is 10.3 Å². The summed E-state index contributed by atoms with van der Waals surface area (Å²) in [6.45, 7) is 0.307. The molecule has 16 heavy (non-hydrogen) atoms. The molecule has 1 N–H and O–H groups in total. The van der Waals surface area contributed by atoms with E-state index in [1.54, 1.807) is 18.4 Å². The number of ether oxygens (including phenoxy) is 1. The molecular weight excluding hydrogens is 292 g/mol. The Morgan fingerprint density at radius 1 is 1.62 bits per heavy atom. The topological polar surface area (TPSA) is 55.0 Å². The van der Waals surface area contributed by atoms with Crippen LogP contribution in [0.15, 0.2) is 26.1 Å². The first-order chi connectivity index (χ1) is 7.72. The predicted octanol–water partition coefficient (Wildman–Crippen LogP) is 2.41. The third-order valence-corrected chi connectivity index (χ3v) is 3.51. The van der Waals surface area contributed by atoms with Crippen molar-refractivity contribution in [2.24, 2.45) is 0 Å². The number of nitrogens with one attached hydrogen (secondary N) is 1. The summed E-state index contributed by atoms with van der Waals surface area (Å²) in [6.07, 6.45) is 0. The minimum Gasteiger partial charge on any atom is -0.378 e. The molecule has 2 aromatic heterocycles. The zero-order valence-electron chi connectivity index (χ0n) is 8.49. The number of nitrogens with zero attached hydrogens (tertiary/aromatic N) is 1. The molecule has 0 radical (unpaired) electrons. The van der Waals surface area contributed by atoms with Gasteiger partial charge in [-0.05, 0) is 27.4 Å². The molecule has 0 saturated heterocycles. The Balaban J connectivity index is 2.53. The Hall–Kier alpha value is -0.980. The Morgan fingerprint density at radius 2 is 2.44 bits per heavy atom. The normalized spacial score (nSPS) is 10.6. The van der Waals surface area contributed by atoms with Crippen molar-refractivity contribution in [1.82, 2.24) is 9.97 Å². The molecule has 4 nitrogen and oxygen atoms in total. The van der Waals surface area contributed by atoms with Crippen LogP contribution < -0.4 is 5.56 Å². The summed E-state index contributed by atoms with van der Waals surface area (Å²) in [5.41, 5.74) is 1.32. The molecule has 84 valence electrons. The summed E-state index contributed by atoms with van der Waals surface area (Å²) in [7, 11) is 1.57. The Bertz CT molecular complexity index is 536. The van der Waals surface area contributed by atoms with Crippen molar-refractivity contribution in [1.29, 1.82) is 0 Å². The first-order valence-electron chi connectivity index (χ1n) is 4.52. The average Bonchev–Trinajstić information content (AvgIpc) is 2.78. The van der Waals surface area contributed by atoms with Crippen LogP contribution in [0.3, 0.4) is 0 Å². The molecule has 0 bridgehead atoms. The van der Waals surface area contributed by atoms with E-state index in [9.17, 15) is 4.79 Å². The second kappa shape index (κ2) is 4.90. The molecule has 0 fully saturated rings. The molecule has 6 heteroatoms. The van der Waals surface area contributed by atoms with E-state index in [0.717, 1.165) is 5.56 Å². The largest absolute Gasteiger partial charge is 0.378 e. The van der Waals surface area contributed by atoms with Gasteiger partial charge in [-0.3, -0.25) is 4.79 Å². The zero-order valence-corrected chi connectivity index (χ0v) is 10.9. The van der Waals surface area contributed by atoms with E-state index in [1.165, 1.54) is 0 Å². The first kappa shape index (κ1) is 11.5. The molecule has 0 aliphatic rings. The Labute approximate surface area is 104 Å². The highest BCUT2D eigenvalue weighted by Gasteiger charge is 2.10. The fraction of sp³-hybridized carbons (Fsp3) is 0.200. The molecule has 0 aromatic carbocycles. The van der Waals surface area contributed by atoms with Gasteiger partial charge in [0, 0.05) is 18.1 Å². The number of aromatic nitrogens is 2. The fourth-order valence-corrected chi connectivity index (χ4v) is 2.22. The maximum Gasteiger partial charge on any atom is 0.265 e. The molecule has 2 aromatic rings. The fourth-order valence-electron chi connectivity index (χ4n) is 1.27. The van der Waals surface area contributed by atoms with Crippen molar-refractivity contribution in [3.63, 3.8) is 0 Å². The van der Waals surface area contributed by atoms with E-state index in [1.807, 2.05) is 16.8 Å². The molecular formula is C10H9BrN2O2S. The van der Waals surface area contributed by atoms with Crippen molar-refractivity contribution < 1.29 is 4.74 Å². The lowest BCUT2D eigenvalue weighted by Crippen LogP contribution is -2.13. The average molecular weight is 301 g/mol. The van der Waals surface area contributed by atoms with Gasteiger partial charge in [-0.25, -0.2) is 4.98 Å². The molecule has 0 atom stereocenters. The quantitative estimate of drug-likeness (QED) is 0.947. The lowest BCUT2D eigenvalue weighted by Gasteiger charge is -2.04. The van der Waals surface area contributed by atoms with Crippen molar-refractivity contribution >= 4 is 27.3 Å². The second-order valence-electron chi connectivity index (χ2n) is 3.12. The van der Waals surface area contributed by atoms with Gasteiger partial charge in [-0.15, -0.1) is 0 Å². The molecule has 2 rings (SSSR count). The van der Waals surface area contributed by atoms with Crippen LogP contribution in [-0.4, -0.2) is 17.1 Å². The number of halogens is 1. The molecule has 0 unspecified atom stereocenters. The SMILES string of the molecule is COCc1nc(-c2ccsc2)[nH]c(=O)c1Br. The first-order valence-corrected chi connectivity index (χ1v) is 6.26. The number of methoxy groups -OCH3 is 1. The van der Waals surface area contributed by atoms with Crippen LogP contribution in [0.5, 0.6) is 0 Å². The summed E-state index contributed by atoms with van der Waals surface area (Å²) < 4.78 is 5.42. The highest BCUT2D eigenvalue weighted by atomic mass is 79.9. The lowest BCUT2D eigenvalue weighted by atomic mass is 10.3. The van der Waals surface area contributed by atoms with Crippen molar-refractivity contribution in [3.05, 3.63) is 37.3 Å². The van der Waals surface area contributed by atoms with E-state index in [-0.39, 0.29) is 5.56 Å². The van der Waals surface area contributed by atoms with Gasteiger partial charge in [0.15, 0.2) is 0 Å². The van der Waals surface area contributed by atoms with Gasteiger partial charge in [0.05, 0.1) is 12.3 Å². The van der Waals surface area contributed by atoms with Crippen LogP contribution in [0.2, 0.25) is 0 Å². The highest BCUT2D eigenvalue weighted by Crippen LogP contribution is 2.19. The van der Waals surface area contributed by atoms with Crippen LogP contribution >= 0.6 is 27.3 Å². The molecule has 0 aliphatic heterocycles. The number of hydrogen-bond donors (Lipinski definition) is 1. The summed E-state index contributed by atoms with van der Waals surface area (Å²) in [4.78, 5) is 18.7. The maximum absolute atomic E-state index is 11.6. The number of thiophene rings is 1. The van der Waals surface area contributed by atoms with Gasteiger partial charge in [-0.1, -0.05) is 0 Å². The Morgan fingerprint density at radius 3 is 3.06 bits per heavy atom. The van der Waals surface area contributed by atoms with Gasteiger partial charge in [0.2, 0.25) is 0 Å². The number of rotatable bonds is 3. The molecule has 2 heterocycles. The maximum atomic E-state index is 11.6. The monoisotopic (exact) mass is 300 g/mol. The van der Waals surface area contributed by atoms with Crippen molar-refractivity contribution in [3.8, 4) is 11.4 Å². The van der Waals surface area contributed by atoms with Crippen LogP contribution in [-0.2, 0) is 11.3 Å². The third kappa shape index (κ3) is 2.23. The molecule has 0 aliphatic carbocycles. The summed E-state index contributed by atoms with van der Waals surface area (Å²) >= 11 is 4.75. The van der Waals surface area contributed by atoms with E-state index in [2.05, 4.69) is 25.9 Å². The van der Waals surface area contributed by atoms with E-state index in [4.69, 9.17) is 4.74 Å². The van der Waals surface area contributed by atoms with E-state index in [0.29, 0.717) is 22.6 Å². The van der Waals surface area contributed by atoms with Crippen molar-refractivity contribution in [2.45, 2.75) is 6.61 Å². The summed E-state index contributed by atoms with van der Waals surface area (Å²) in [5.74, 6) is 0.571. The standard InChI is InChI=1S/C10H9BrN2O2S/c1-15-4-7-8(11)10(14)13-9(12-7)6-2-3-16-5-6/h2-3,5H,4H2,1H3,(H,12,13,14). The minimum absolute atomic E-state index is 0.191. The smallest absolute Gasteiger partial charge is 0.265 e. The van der Waals surface area contributed by atoms with Crippen LogP contribution in [0.4, 0.5) is 0 Å². The Kier molecular flexibility index (Phi) is 3.52. The predicted molar refractivity (Wildman–Crippen MR) is 66.6 cm³/mol. The number of H-pyrrole nitrogens is 1. The molecule has 0 amide bonds. The van der Waals surface area contributed by atoms with Gasteiger partial charge in [0.25, 0.3) is 5.56 Å². The van der Waals surface area contributed by atoms with Crippen LogP contribution in [0, 0.1) is 0 Å². The minimum atomic E-state index is -0.191. The van der Waals surface area contributed by atoms with Gasteiger partial charge >= 0.3 is 0 Å². The zero-order chi connectivity index (χ0) is 11.5. The van der Waals surface area contributed by atoms with Crippen LogP contribution in [0.25, 0.3) is 11.4 Å². The van der Waals surface area contributed by atoms with Gasteiger partial charge in [-0.2, -0.15) is 11.3 Å². The van der Waals surface area contributed by atoms with Crippen LogP contribution in [0.1, 0.15) is 5.69 Å². The second-order valence-corrected chi connectivity index (χ2v) is 4.69. The number of hydrogen-bond acceptors (Lipinski definition) is 4. The highest BCUT2D eigenvalue weighted by molar-refractivity contribution is 9.10. The van der Waals surface area contributed by atoms with Crippen molar-refractivity contribution in [2.75, 3.05) is 7.11 Å². The van der Waals surface area contributed by atoms with E-state index >= 15 is 0 Å². The van der Waals surface area contributed by atoms with Gasteiger partial charge < -0.3 is 9.72 Å². The van der Waals surface area contributed by atoms with E-state index < -0.39 is 0 Å². The summed E-state index contributed by atoms with van der Waals surface area (Å²) in [5, 5.41) is 3.87. The number of aromatic amines is 1. The molecule has 0 spiro atoms. The lowest BCUT2D eigenvalue weighted by molar-refractivity contribution is 0.180. The molecule has 0 saturated carbocycles.